The monoisotopic (exact) mass is 519 g/mol. The fourth-order valence-corrected chi connectivity index (χ4v) is 3.86. The molecule has 0 aliphatic rings. The number of rotatable bonds is 7. The molecule has 2 N–H and O–H groups in total. The minimum atomic E-state index is -0.638. The highest BCUT2D eigenvalue weighted by Crippen LogP contribution is 2.23. The van der Waals surface area contributed by atoms with E-state index >= 15 is 0 Å². The molecule has 7 nitrogen and oxygen atoms in total. The molecule has 0 radical (unpaired) electrons. The molecule has 2 amide bonds. The third kappa shape index (κ3) is 6.27. The van der Waals surface area contributed by atoms with Gasteiger partial charge in [-0.3, -0.25) is 9.59 Å². The topological polar surface area (TPSA) is 96.9 Å². The average Bonchev–Trinajstić information content (AvgIpc) is 2.87. The van der Waals surface area contributed by atoms with Gasteiger partial charge in [0.15, 0.2) is 0 Å². The third-order valence-electron chi connectivity index (χ3n) is 5.07. The van der Waals surface area contributed by atoms with Gasteiger partial charge in [-0.15, -0.1) is 0 Å². The van der Waals surface area contributed by atoms with E-state index in [4.69, 9.17) is 27.9 Å². The molecule has 9 heteroatoms. The van der Waals surface area contributed by atoms with Crippen LogP contribution in [0.4, 0.5) is 0 Å². The Morgan fingerprint density at radius 1 is 0.861 bits per heavy atom. The van der Waals surface area contributed by atoms with Crippen molar-refractivity contribution in [3.63, 3.8) is 0 Å². The number of fused-ring (bicyclic) bond motifs is 1. The number of nitrogens with one attached hydrogen (secondary N) is 2. The molecule has 0 heterocycles. The Labute approximate surface area is 216 Å². The summed E-state index contributed by atoms with van der Waals surface area (Å²) in [6.07, 6.45) is 1.39. The minimum absolute atomic E-state index is 0.179. The SMILES string of the molecule is O=C(CNC(=O)c1cccc2ccccc12)N/N=C\c1cccc(OC(=O)c2ccc(Cl)cc2Cl)c1. The van der Waals surface area contributed by atoms with E-state index < -0.39 is 11.9 Å². The number of amides is 2. The number of hydrogen-bond donors (Lipinski definition) is 2. The molecule has 0 spiro atoms. The second kappa shape index (κ2) is 11.5. The normalized spacial score (nSPS) is 10.8. The Hall–Kier alpha value is -4.20. The Morgan fingerprint density at radius 3 is 2.47 bits per heavy atom. The van der Waals surface area contributed by atoms with Crippen molar-refractivity contribution in [3.05, 3.63) is 112 Å². The molecule has 0 atom stereocenters. The maximum atomic E-state index is 12.5. The van der Waals surface area contributed by atoms with Crippen LogP contribution < -0.4 is 15.5 Å². The number of esters is 1. The number of benzene rings is 4. The first-order valence-electron chi connectivity index (χ1n) is 10.8. The number of carbonyl (C=O) groups excluding carboxylic acids is 3. The van der Waals surface area contributed by atoms with Crippen LogP contribution in [0.2, 0.25) is 10.0 Å². The quantitative estimate of drug-likeness (QED) is 0.151. The summed E-state index contributed by atoms with van der Waals surface area (Å²) in [6.45, 7) is -0.251. The van der Waals surface area contributed by atoms with Crippen LogP contribution in [0.25, 0.3) is 10.8 Å². The van der Waals surface area contributed by atoms with Crippen LogP contribution >= 0.6 is 23.2 Å². The van der Waals surface area contributed by atoms with Crippen molar-refractivity contribution in [2.24, 2.45) is 5.10 Å². The molecule has 0 bridgehead atoms. The number of hydrogen-bond acceptors (Lipinski definition) is 5. The Morgan fingerprint density at radius 2 is 1.64 bits per heavy atom. The molecule has 0 aromatic heterocycles. The zero-order valence-electron chi connectivity index (χ0n) is 18.7. The predicted molar refractivity (Wildman–Crippen MR) is 140 cm³/mol. The Balaban J connectivity index is 1.31. The van der Waals surface area contributed by atoms with E-state index in [1.807, 2.05) is 30.3 Å². The van der Waals surface area contributed by atoms with Gasteiger partial charge in [0.2, 0.25) is 0 Å². The van der Waals surface area contributed by atoms with Crippen molar-refractivity contribution < 1.29 is 19.1 Å². The van der Waals surface area contributed by atoms with Gasteiger partial charge < -0.3 is 10.1 Å². The number of hydrazone groups is 1. The van der Waals surface area contributed by atoms with Crippen LogP contribution in [0.15, 0.2) is 90.0 Å². The first-order chi connectivity index (χ1) is 17.4. The molecule has 0 fully saturated rings. The number of nitrogens with zero attached hydrogens (tertiary/aromatic N) is 1. The molecule has 180 valence electrons. The summed E-state index contributed by atoms with van der Waals surface area (Å²) in [6, 6.07) is 23.9. The molecule has 4 rings (SSSR count). The van der Waals surface area contributed by atoms with Crippen LogP contribution in [0, 0.1) is 0 Å². The molecule has 36 heavy (non-hydrogen) atoms. The highest BCUT2D eigenvalue weighted by atomic mass is 35.5. The molecule has 0 saturated heterocycles. The van der Waals surface area contributed by atoms with Gasteiger partial charge in [0.1, 0.15) is 5.75 Å². The van der Waals surface area contributed by atoms with Crippen molar-refractivity contribution in [2.75, 3.05) is 6.54 Å². The third-order valence-corrected chi connectivity index (χ3v) is 5.61. The second-order valence-corrected chi connectivity index (χ2v) is 8.43. The number of halogens is 2. The van der Waals surface area contributed by atoms with E-state index in [-0.39, 0.29) is 28.8 Å². The van der Waals surface area contributed by atoms with Crippen LogP contribution in [0.3, 0.4) is 0 Å². The van der Waals surface area contributed by atoms with Crippen molar-refractivity contribution in [3.8, 4) is 5.75 Å². The number of ether oxygens (including phenoxy) is 1. The first-order valence-corrected chi connectivity index (χ1v) is 11.5. The summed E-state index contributed by atoms with van der Waals surface area (Å²) in [5.74, 6) is -1.23. The number of carbonyl (C=O) groups is 3. The van der Waals surface area contributed by atoms with Gasteiger partial charge in [-0.05, 0) is 52.7 Å². The Bertz CT molecular complexity index is 1480. The summed E-state index contributed by atoms with van der Waals surface area (Å²) in [7, 11) is 0. The molecule has 0 unspecified atom stereocenters. The zero-order valence-corrected chi connectivity index (χ0v) is 20.2. The summed E-state index contributed by atoms with van der Waals surface area (Å²) in [4.78, 5) is 37.1. The summed E-state index contributed by atoms with van der Waals surface area (Å²) in [5, 5.41) is 8.81. The van der Waals surface area contributed by atoms with Crippen molar-refractivity contribution in [1.29, 1.82) is 0 Å². The lowest BCUT2D eigenvalue weighted by molar-refractivity contribution is -0.120. The minimum Gasteiger partial charge on any atom is -0.423 e. The van der Waals surface area contributed by atoms with Crippen molar-refractivity contribution in [2.45, 2.75) is 0 Å². The van der Waals surface area contributed by atoms with E-state index in [0.717, 1.165) is 10.8 Å². The Kier molecular flexibility index (Phi) is 7.95. The molecule has 4 aromatic rings. The van der Waals surface area contributed by atoms with Crippen molar-refractivity contribution in [1.82, 2.24) is 10.7 Å². The lowest BCUT2D eigenvalue weighted by atomic mass is 10.0. The van der Waals surface area contributed by atoms with E-state index in [1.165, 1.54) is 18.3 Å². The predicted octanol–water partition coefficient (Wildman–Crippen LogP) is 5.25. The molecular weight excluding hydrogens is 501 g/mol. The molecule has 4 aromatic carbocycles. The van der Waals surface area contributed by atoms with Crippen molar-refractivity contribution >= 4 is 58.0 Å². The lowest BCUT2D eigenvalue weighted by Gasteiger charge is -2.07. The lowest BCUT2D eigenvalue weighted by Crippen LogP contribution is -2.35. The molecule has 0 saturated carbocycles. The zero-order chi connectivity index (χ0) is 25.5. The van der Waals surface area contributed by atoms with Gasteiger partial charge >= 0.3 is 5.97 Å². The molecule has 0 aliphatic heterocycles. The van der Waals surface area contributed by atoms with Gasteiger partial charge in [-0.2, -0.15) is 5.10 Å². The highest BCUT2D eigenvalue weighted by molar-refractivity contribution is 6.36. The maximum Gasteiger partial charge on any atom is 0.345 e. The second-order valence-electron chi connectivity index (χ2n) is 7.59. The van der Waals surface area contributed by atoms with E-state index in [2.05, 4.69) is 15.8 Å². The van der Waals surface area contributed by atoms with Gasteiger partial charge in [-0.1, -0.05) is 71.7 Å². The fraction of sp³-hybridized carbons (Fsp3) is 0.0370. The average molecular weight is 520 g/mol. The molecular formula is C27H19Cl2N3O4. The summed E-state index contributed by atoms with van der Waals surface area (Å²) < 4.78 is 5.36. The van der Waals surface area contributed by atoms with Gasteiger partial charge in [0.05, 0.1) is 23.3 Å². The maximum absolute atomic E-state index is 12.5. The molecule has 0 aliphatic carbocycles. The van der Waals surface area contributed by atoms with Crippen LogP contribution in [-0.4, -0.2) is 30.5 Å². The van der Waals surface area contributed by atoms with Gasteiger partial charge in [0.25, 0.3) is 11.8 Å². The van der Waals surface area contributed by atoms with Crippen LogP contribution in [0.1, 0.15) is 26.3 Å². The van der Waals surface area contributed by atoms with E-state index in [0.29, 0.717) is 16.1 Å². The fourth-order valence-electron chi connectivity index (χ4n) is 3.37. The largest absolute Gasteiger partial charge is 0.423 e. The summed E-state index contributed by atoms with van der Waals surface area (Å²) in [5.41, 5.74) is 3.58. The summed E-state index contributed by atoms with van der Waals surface area (Å²) >= 11 is 11.9. The van der Waals surface area contributed by atoms with Gasteiger partial charge in [0, 0.05) is 10.6 Å². The smallest absolute Gasteiger partial charge is 0.345 e. The van der Waals surface area contributed by atoms with Gasteiger partial charge in [-0.25, -0.2) is 10.2 Å². The van der Waals surface area contributed by atoms with Crippen LogP contribution in [-0.2, 0) is 4.79 Å². The van der Waals surface area contributed by atoms with E-state index in [9.17, 15) is 14.4 Å². The highest BCUT2D eigenvalue weighted by Gasteiger charge is 2.14. The van der Waals surface area contributed by atoms with Crippen LogP contribution in [0.5, 0.6) is 5.75 Å². The standard InChI is InChI=1S/C27H19Cl2N3O4/c28-19-11-12-23(24(29)14-19)27(35)36-20-8-3-5-17(13-20)15-31-32-25(33)16-30-26(34)22-10-4-7-18-6-1-2-9-21(18)22/h1-15H,16H2,(H,30,34)(H,32,33)/b31-15-. The van der Waals surface area contributed by atoms with E-state index in [1.54, 1.807) is 42.5 Å². The first kappa shape index (κ1) is 24.9.